The van der Waals surface area contributed by atoms with E-state index in [0.717, 1.165) is 0 Å². The third-order valence-electron chi connectivity index (χ3n) is 0. The minimum atomic E-state index is 0. The Kier molecular flexibility index (Phi) is 113000. The molecule has 0 saturated carbocycles. The summed E-state index contributed by atoms with van der Waals surface area (Å²) in [5.41, 5.74) is 0. The van der Waals surface area contributed by atoms with Crippen molar-refractivity contribution in [2.45, 2.75) is 0 Å². The van der Waals surface area contributed by atoms with Gasteiger partial charge >= 0.3 is 451 Å². The minimum Gasteiger partial charge on any atom is -2.00 e. The maximum Gasteiger partial charge on any atom is 4.00 e. The van der Waals surface area contributed by atoms with Gasteiger partial charge in [-0.1, -0.05) is 0 Å². The zero-order valence-corrected chi connectivity index (χ0v) is 68.4. The third-order valence-corrected chi connectivity index (χ3v) is 0. The Hall–Kier alpha value is 14.3. The first-order chi connectivity index (χ1) is 0. The van der Waals surface area contributed by atoms with Crippen molar-refractivity contribution < 1.29 is 750 Å². The van der Waals surface area contributed by atoms with E-state index in [1.54, 1.807) is 0 Å². The van der Waals surface area contributed by atoms with Gasteiger partial charge in [0, 0.05) is 42.1 Å². The molecule has 0 bridgehead atoms. The predicted molar refractivity (Wildman–Crippen MR) is 32.3 cm³/mol. The van der Waals surface area contributed by atoms with E-state index in [0.29, 0.717) is 0 Å². The largest absolute Gasteiger partial charge is 4.00 e. The summed E-state index contributed by atoms with van der Waals surface area (Å²) in [4.78, 5) is 0. The van der Waals surface area contributed by atoms with Gasteiger partial charge in [0.1, 0.15) is 0 Å². The fraction of sp³-hybridized carbons (Fsp3) is 0. The summed E-state index contributed by atoms with van der Waals surface area (Å²) in [6, 6.07) is 0. The van der Waals surface area contributed by atoms with Crippen molar-refractivity contribution in [1.82, 2.24) is 0 Å². The maximum absolute atomic E-state index is 0. The summed E-state index contributed by atoms with van der Waals surface area (Å²) in [7, 11) is 0. The van der Waals surface area contributed by atoms with E-state index in [1.807, 2.05) is 0 Å². The van der Waals surface area contributed by atoms with Crippen molar-refractivity contribution in [3.63, 3.8) is 0 Å². The summed E-state index contributed by atoms with van der Waals surface area (Å²) < 4.78 is 0. The van der Waals surface area contributed by atoms with Gasteiger partial charge in [0.15, 0.2) is 0 Å². The van der Waals surface area contributed by atoms with E-state index < -0.39 is 0 Å². The quantitative estimate of drug-likeness (QED) is 0.205. The molecule has 0 saturated heterocycles. The van der Waals surface area contributed by atoms with Crippen molar-refractivity contribution in [3.8, 4) is 0 Å². The fourth-order valence-corrected chi connectivity index (χ4v) is 0. The first kappa shape index (κ1) is 2870. The molecule has 0 aromatic rings. The summed E-state index contributed by atoms with van der Waals surface area (Å²) in [6.07, 6.45) is 0. The van der Waals surface area contributed by atoms with Crippen molar-refractivity contribution in [2.24, 2.45) is 0 Å². The molecule has 0 aromatic carbocycles. The molecular formula is NiO47Ti20W2-12. The van der Waals surface area contributed by atoms with Crippen LogP contribution in [0.3, 0.4) is 0 Å². The van der Waals surface area contributed by atoms with Crippen LogP contribution >= 0.6 is 0 Å². The standard InChI is InChI=1S/Ni.47O.20Ti.2W/q+2;47*-2;20*+4;;. The van der Waals surface area contributed by atoms with E-state index in [2.05, 4.69) is 0 Å². The van der Waals surface area contributed by atoms with Crippen LogP contribution in [0.25, 0.3) is 0 Å². The summed E-state index contributed by atoms with van der Waals surface area (Å²) in [6.45, 7) is 0. The SMILES string of the molecule is [Ni+2].[O-2].[O-2].[O-2].[O-2].[O-2].[O-2].[O-2].[O-2].[O-2].[O-2].[O-2].[O-2].[O-2].[O-2].[O-2].[O-2].[O-2].[O-2].[O-2].[O-2].[O-2].[O-2].[O-2].[O-2].[O-2].[O-2].[O-2].[O-2].[O-2].[O-2].[O-2].[O-2].[O-2].[O-2].[O-2].[O-2].[O-2].[O-2].[O-2].[O-2].[O-2].[O-2].[O-2].[O-2].[O-2].[O-2].[O-2].[Ti+4].[Ti+4].[Ti+4].[Ti+4].[Ti+4].[Ti+4].[Ti+4].[Ti+4].[Ti+4].[Ti+4].[Ti+4].[Ti+4].[Ti+4].[Ti+4].[Ti+4].[Ti+4].[Ti+4].[Ti+4].[Ti+4].[Ti+4].[W].[W]. The summed E-state index contributed by atoms with van der Waals surface area (Å²) in [5, 5.41) is 0. The molecule has 0 aliphatic rings. The maximum atomic E-state index is 0. The van der Waals surface area contributed by atoms with Gasteiger partial charge in [0.05, 0.1) is 0 Å². The molecule has 70 heavy (non-hydrogen) atoms. The van der Waals surface area contributed by atoms with Crippen LogP contribution in [0, 0.1) is 0 Å². The number of hydrogen-bond donors (Lipinski definition) is 0. The van der Waals surface area contributed by atoms with Crippen LogP contribution in [0.1, 0.15) is 0 Å². The Morgan fingerprint density at radius 2 is 0.0571 bits per heavy atom. The van der Waals surface area contributed by atoms with E-state index in [9.17, 15) is 0 Å². The molecule has 0 spiro atoms. The zero-order valence-electron chi connectivity index (χ0n) is 30.3. The second kappa shape index (κ2) is 2770. The molecule has 0 unspecified atom stereocenters. The van der Waals surface area contributed by atoms with Gasteiger partial charge < -0.3 is 257 Å². The second-order valence-corrected chi connectivity index (χ2v) is 0. The molecule has 0 amide bonds. The van der Waals surface area contributed by atoms with Gasteiger partial charge in [-0.25, -0.2) is 0 Å². The number of hydrogen-bond acceptors (Lipinski definition) is 0. The third kappa shape index (κ3) is 2670. The molecule has 0 radical (unpaired) electrons. The average molecular weight is 2140 g/mol. The molecule has 47 nitrogen and oxygen atoms in total. The van der Waals surface area contributed by atoms with Gasteiger partial charge in [-0.3, -0.25) is 0 Å². The van der Waals surface area contributed by atoms with Crippen LogP contribution in [0.5, 0.6) is 0 Å². The van der Waals surface area contributed by atoms with Crippen LogP contribution in [0.2, 0.25) is 0 Å². The Labute approximate surface area is 736 Å². The van der Waals surface area contributed by atoms with E-state index in [-0.39, 0.29) is 750 Å². The molecule has 0 fully saturated rings. The minimum absolute atomic E-state index is 0. The van der Waals surface area contributed by atoms with E-state index in [1.165, 1.54) is 0 Å². The van der Waals surface area contributed by atoms with Crippen molar-refractivity contribution >= 4 is 0 Å². The molecule has 70 heteroatoms. The molecule has 0 rings (SSSR count). The Morgan fingerprint density at radius 1 is 0.0571 bits per heavy atom. The smallest absolute Gasteiger partial charge is 2.00 e. The van der Waals surface area contributed by atoms with Gasteiger partial charge in [-0.05, 0) is 0 Å². The van der Waals surface area contributed by atoms with Crippen molar-refractivity contribution in [3.05, 3.63) is 0 Å². The molecule has 0 aliphatic carbocycles. The Bertz CT molecular complexity index is 79.5. The van der Waals surface area contributed by atoms with Gasteiger partial charge in [-0.2, -0.15) is 0 Å². The molecule has 0 aromatic heterocycles. The monoisotopic (exact) mass is 2140 g/mol. The van der Waals surface area contributed by atoms with Crippen LogP contribution < -0.4 is 0 Å². The Balaban J connectivity index is 0. The zero-order chi connectivity index (χ0) is 0. The van der Waals surface area contributed by atoms with Crippen LogP contribution in [0.15, 0.2) is 0 Å². The summed E-state index contributed by atoms with van der Waals surface area (Å²) in [5.74, 6) is 0. The van der Waals surface area contributed by atoms with E-state index in [4.69, 9.17) is 0 Å². The molecular weight excluding hydrogens is 2140 g/mol. The van der Waals surface area contributed by atoms with Gasteiger partial charge in [0.2, 0.25) is 0 Å². The fourth-order valence-electron chi connectivity index (χ4n) is 0. The van der Waals surface area contributed by atoms with Crippen molar-refractivity contribution in [2.75, 3.05) is 0 Å². The first-order valence-electron chi connectivity index (χ1n) is 0. The number of rotatable bonds is 0. The average Bonchev–Trinajstić information content (AvgIpc) is 0. The molecule has 0 N–H and O–H groups in total. The topological polar surface area (TPSA) is 1340 Å². The molecule has 0 aliphatic heterocycles. The van der Waals surface area contributed by atoms with Crippen molar-refractivity contribution in [1.29, 1.82) is 0 Å². The first-order valence-corrected chi connectivity index (χ1v) is 0. The van der Waals surface area contributed by atoms with Crippen LogP contribution in [-0.4, -0.2) is 0 Å². The van der Waals surface area contributed by atoms with Crippen LogP contribution in [0.4, 0.5) is 0 Å². The van der Waals surface area contributed by atoms with Gasteiger partial charge in [-0.15, -0.1) is 0 Å². The molecule has 0 heterocycles. The second-order valence-electron chi connectivity index (χ2n) is 0. The Morgan fingerprint density at radius 3 is 0.0571 bits per heavy atom. The van der Waals surface area contributed by atoms with Crippen LogP contribution in [-0.2, 0) is 750 Å². The summed E-state index contributed by atoms with van der Waals surface area (Å²) >= 11 is 0. The normalized spacial score (nSPS) is 0. The predicted octanol–water partition coefficient (Wildman–Crippen LogP) is -5.64. The molecule has 0 atom stereocenters. The molecule has 396 valence electrons. The van der Waals surface area contributed by atoms with Gasteiger partial charge in [0.25, 0.3) is 0 Å². The van der Waals surface area contributed by atoms with E-state index >= 15 is 0 Å².